The first kappa shape index (κ1) is 26.3. The predicted molar refractivity (Wildman–Crippen MR) is 140 cm³/mol. The maximum absolute atomic E-state index is 9.19. The van der Waals surface area contributed by atoms with Gasteiger partial charge in [0.05, 0.1) is 20.8 Å². The molecule has 0 aliphatic carbocycles. The van der Waals surface area contributed by atoms with Gasteiger partial charge < -0.3 is 19.3 Å². The van der Waals surface area contributed by atoms with E-state index in [1.807, 2.05) is 42.5 Å². The Hall–Kier alpha value is -3.30. The first-order chi connectivity index (χ1) is 17.2. The van der Waals surface area contributed by atoms with Crippen molar-refractivity contribution in [2.75, 3.05) is 47.1 Å². The molecule has 0 fully saturated rings. The van der Waals surface area contributed by atoms with Crippen molar-refractivity contribution in [1.82, 2.24) is 4.90 Å². The van der Waals surface area contributed by atoms with Crippen LogP contribution in [0.2, 0.25) is 0 Å². The smallest absolute Gasteiger partial charge is 0.143 e. The molecule has 184 valence electrons. The summed E-state index contributed by atoms with van der Waals surface area (Å²) in [6.07, 6.45) is 7.05. The van der Waals surface area contributed by atoms with Gasteiger partial charge in [-0.2, -0.15) is 0 Å². The molecule has 0 heterocycles. The fourth-order valence-corrected chi connectivity index (χ4v) is 4.28. The molecule has 0 saturated carbocycles. The third-order valence-electron chi connectivity index (χ3n) is 6.06. The molecular formula is C30H35NO4. The average Bonchev–Trinajstić information content (AvgIpc) is 2.92. The summed E-state index contributed by atoms with van der Waals surface area (Å²) in [5, 5.41) is 9.19. The van der Waals surface area contributed by atoms with Gasteiger partial charge in [0.25, 0.3) is 0 Å². The second kappa shape index (κ2) is 13.6. The quantitative estimate of drug-likeness (QED) is 0.209. The number of methoxy groups -OCH3 is 2. The molecule has 3 aromatic carbocycles. The zero-order valence-electron chi connectivity index (χ0n) is 20.7. The van der Waals surface area contributed by atoms with Gasteiger partial charge in [0, 0.05) is 26.3 Å². The van der Waals surface area contributed by atoms with Crippen molar-refractivity contribution in [2.45, 2.75) is 18.4 Å². The van der Waals surface area contributed by atoms with E-state index in [1.54, 1.807) is 14.2 Å². The fraction of sp³-hybridized carbons (Fsp3) is 0.333. The lowest BCUT2D eigenvalue weighted by molar-refractivity contribution is 0.00825. The van der Waals surface area contributed by atoms with Crippen molar-refractivity contribution >= 4 is 0 Å². The van der Waals surface area contributed by atoms with Crippen LogP contribution >= 0.6 is 0 Å². The first-order valence-corrected chi connectivity index (χ1v) is 11.9. The van der Waals surface area contributed by atoms with Gasteiger partial charge in [-0.1, -0.05) is 60.5 Å². The fourth-order valence-electron chi connectivity index (χ4n) is 4.28. The van der Waals surface area contributed by atoms with Crippen molar-refractivity contribution in [3.05, 3.63) is 95.6 Å². The Morgan fingerprint density at radius 3 is 1.77 bits per heavy atom. The molecule has 0 bridgehead atoms. The van der Waals surface area contributed by atoms with Crippen molar-refractivity contribution in [3.63, 3.8) is 0 Å². The molecule has 0 aliphatic rings. The number of aliphatic hydroxyl groups excluding tert-OH is 1. The van der Waals surface area contributed by atoms with Crippen LogP contribution in [0.3, 0.4) is 0 Å². The standard InChI is InChI=1S/C30H35NO4/c1-4-20-31(21-8-23-32)22-9-24-35-30(25-10-6-5-7-11-25,26-12-16-28(33-2)17-13-26)27-14-18-29(34-3)19-15-27/h1,5-7,10-19,32H,8-9,20-24H2,2-3H3. The van der Waals surface area contributed by atoms with E-state index in [9.17, 15) is 5.11 Å². The van der Waals surface area contributed by atoms with E-state index >= 15 is 0 Å². The van der Waals surface area contributed by atoms with E-state index in [4.69, 9.17) is 20.6 Å². The average molecular weight is 474 g/mol. The van der Waals surface area contributed by atoms with Crippen LogP contribution in [0.5, 0.6) is 11.5 Å². The highest BCUT2D eigenvalue weighted by Gasteiger charge is 2.37. The normalized spacial score (nSPS) is 11.3. The third-order valence-corrected chi connectivity index (χ3v) is 6.06. The van der Waals surface area contributed by atoms with E-state index < -0.39 is 5.60 Å². The van der Waals surface area contributed by atoms with Gasteiger partial charge in [-0.25, -0.2) is 0 Å². The third kappa shape index (κ3) is 6.64. The van der Waals surface area contributed by atoms with Crippen LogP contribution in [0.1, 0.15) is 29.5 Å². The summed E-state index contributed by atoms with van der Waals surface area (Å²) in [5.74, 6) is 4.29. The van der Waals surface area contributed by atoms with E-state index in [-0.39, 0.29) is 6.61 Å². The number of benzene rings is 3. The zero-order chi connectivity index (χ0) is 24.9. The number of ether oxygens (including phenoxy) is 3. The lowest BCUT2D eigenvalue weighted by Crippen LogP contribution is -2.34. The molecular weight excluding hydrogens is 438 g/mol. The maximum atomic E-state index is 9.19. The molecule has 3 rings (SSSR count). The second-order valence-electron chi connectivity index (χ2n) is 8.26. The van der Waals surface area contributed by atoms with Gasteiger partial charge in [0.1, 0.15) is 17.1 Å². The van der Waals surface area contributed by atoms with E-state index in [2.05, 4.69) is 47.2 Å². The second-order valence-corrected chi connectivity index (χ2v) is 8.26. The number of rotatable bonds is 14. The Kier molecular flexibility index (Phi) is 10.2. The van der Waals surface area contributed by atoms with Crippen LogP contribution in [-0.4, -0.2) is 57.1 Å². The lowest BCUT2D eigenvalue weighted by Gasteiger charge is -2.36. The van der Waals surface area contributed by atoms with Gasteiger partial charge in [-0.3, -0.25) is 4.90 Å². The molecule has 0 radical (unpaired) electrons. The highest BCUT2D eigenvalue weighted by molar-refractivity contribution is 5.49. The van der Waals surface area contributed by atoms with Crippen LogP contribution in [0.15, 0.2) is 78.9 Å². The summed E-state index contributed by atoms with van der Waals surface area (Å²) in [7, 11) is 3.33. The summed E-state index contributed by atoms with van der Waals surface area (Å²) in [6, 6.07) is 26.3. The van der Waals surface area contributed by atoms with E-state index in [1.165, 1.54) is 0 Å². The van der Waals surface area contributed by atoms with Crippen molar-refractivity contribution in [1.29, 1.82) is 0 Å². The molecule has 0 amide bonds. The topological polar surface area (TPSA) is 51.2 Å². The highest BCUT2D eigenvalue weighted by atomic mass is 16.5. The highest BCUT2D eigenvalue weighted by Crippen LogP contribution is 2.41. The maximum Gasteiger partial charge on any atom is 0.143 e. The molecule has 0 aromatic heterocycles. The Labute approximate surface area is 209 Å². The van der Waals surface area contributed by atoms with Gasteiger partial charge >= 0.3 is 0 Å². The van der Waals surface area contributed by atoms with Gasteiger partial charge in [0.15, 0.2) is 0 Å². The Bertz CT molecular complexity index is 995. The molecule has 0 saturated heterocycles. The lowest BCUT2D eigenvalue weighted by atomic mass is 9.80. The predicted octanol–water partition coefficient (Wildman–Crippen LogP) is 4.72. The summed E-state index contributed by atoms with van der Waals surface area (Å²) >= 11 is 0. The molecule has 35 heavy (non-hydrogen) atoms. The molecule has 5 heteroatoms. The van der Waals surface area contributed by atoms with Gasteiger partial charge in [-0.15, -0.1) is 6.42 Å². The Morgan fingerprint density at radius 2 is 1.29 bits per heavy atom. The molecule has 0 aliphatic heterocycles. The number of nitrogens with zero attached hydrogens (tertiary/aromatic N) is 1. The molecule has 0 spiro atoms. The molecule has 0 unspecified atom stereocenters. The van der Waals surface area contributed by atoms with E-state index in [0.717, 1.165) is 47.7 Å². The molecule has 1 N–H and O–H groups in total. The number of aliphatic hydroxyl groups is 1. The molecule has 0 atom stereocenters. The number of hydrogen-bond acceptors (Lipinski definition) is 5. The van der Waals surface area contributed by atoms with Crippen molar-refractivity contribution in [3.8, 4) is 23.8 Å². The van der Waals surface area contributed by atoms with Gasteiger partial charge in [-0.05, 0) is 53.8 Å². The van der Waals surface area contributed by atoms with Crippen LogP contribution in [0, 0.1) is 12.3 Å². The molecule has 5 nitrogen and oxygen atoms in total. The zero-order valence-corrected chi connectivity index (χ0v) is 20.7. The summed E-state index contributed by atoms with van der Waals surface area (Å²) in [6.45, 7) is 2.79. The van der Waals surface area contributed by atoms with Crippen molar-refractivity contribution < 1.29 is 19.3 Å². The minimum Gasteiger partial charge on any atom is -0.497 e. The summed E-state index contributed by atoms with van der Waals surface area (Å²) < 4.78 is 17.7. The Morgan fingerprint density at radius 1 is 0.771 bits per heavy atom. The largest absolute Gasteiger partial charge is 0.497 e. The van der Waals surface area contributed by atoms with Crippen molar-refractivity contribution in [2.24, 2.45) is 0 Å². The molecule has 3 aromatic rings. The number of terminal acetylenes is 1. The SMILES string of the molecule is C#CCN(CCCO)CCCOC(c1ccccc1)(c1ccc(OC)cc1)c1ccc(OC)cc1. The Balaban J connectivity index is 1.97. The van der Waals surface area contributed by atoms with Crippen LogP contribution in [0.4, 0.5) is 0 Å². The van der Waals surface area contributed by atoms with E-state index in [0.29, 0.717) is 19.6 Å². The van der Waals surface area contributed by atoms with Crippen LogP contribution < -0.4 is 9.47 Å². The van der Waals surface area contributed by atoms with Crippen LogP contribution in [0.25, 0.3) is 0 Å². The summed E-state index contributed by atoms with van der Waals surface area (Å²) in [4.78, 5) is 2.17. The monoisotopic (exact) mass is 473 g/mol. The van der Waals surface area contributed by atoms with Crippen LogP contribution in [-0.2, 0) is 10.3 Å². The number of hydrogen-bond donors (Lipinski definition) is 1. The minimum atomic E-state index is -0.818. The minimum absolute atomic E-state index is 0.156. The summed E-state index contributed by atoms with van der Waals surface area (Å²) in [5.41, 5.74) is 2.24. The first-order valence-electron chi connectivity index (χ1n) is 11.9. The van der Waals surface area contributed by atoms with Gasteiger partial charge in [0.2, 0.25) is 0 Å².